The zero-order chi connectivity index (χ0) is 8.85. The van der Waals surface area contributed by atoms with Crippen LogP contribution >= 0.6 is 0 Å². The van der Waals surface area contributed by atoms with Gasteiger partial charge in [0.15, 0.2) is 0 Å². The van der Waals surface area contributed by atoms with Crippen LogP contribution in [-0.4, -0.2) is 17.9 Å². The van der Waals surface area contributed by atoms with E-state index >= 15 is 0 Å². The number of ketones is 2. The number of aldehydes is 1. The summed E-state index contributed by atoms with van der Waals surface area (Å²) in [6.45, 7) is 2.82. The molecule has 0 saturated carbocycles. The maximum atomic E-state index is 10.8. The van der Waals surface area contributed by atoms with Gasteiger partial charge in [-0.1, -0.05) is 0 Å². The second-order valence-corrected chi connectivity index (χ2v) is 2.62. The highest BCUT2D eigenvalue weighted by Crippen LogP contribution is 2.08. The van der Waals surface area contributed by atoms with Crippen molar-refractivity contribution >= 4 is 17.9 Å². The first kappa shape index (κ1) is 10.0. The van der Waals surface area contributed by atoms with Crippen molar-refractivity contribution in [1.82, 2.24) is 0 Å². The zero-order valence-corrected chi connectivity index (χ0v) is 6.79. The summed E-state index contributed by atoms with van der Waals surface area (Å²) in [5.74, 6) is -0.538. The average Bonchev–Trinajstić information content (AvgIpc) is 1.86. The van der Waals surface area contributed by atoms with E-state index in [1.807, 2.05) is 0 Å². The van der Waals surface area contributed by atoms with Crippen molar-refractivity contribution in [1.29, 1.82) is 0 Å². The molecule has 62 valence electrons. The molecule has 0 aromatic rings. The predicted molar refractivity (Wildman–Crippen MR) is 40.2 cm³/mol. The monoisotopic (exact) mass is 156 g/mol. The molecule has 0 radical (unpaired) electrons. The summed E-state index contributed by atoms with van der Waals surface area (Å²) in [4.78, 5) is 31.4. The van der Waals surface area contributed by atoms with Gasteiger partial charge in [-0.15, -0.1) is 0 Å². The van der Waals surface area contributed by atoms with Gasteiger partial charge in [-0.25, -0.2) is 0 Å². The number of hydrogen-bond acceptors (Lipinski definition) is 3. The van der Waals surface area contributed by atoms with Crippen molar-refractivity contribution in [2.75, 3.05) is 0 Å². The Morgan fingerprint density at radius 2 is 1.91 bits per heavy atom. The fraction of sp³-hybridized carbons (Fsp3) is 0.625. The predicted octanol–water partition coefficient (Wildman–Crippen LogP) is 0.760. The molecular weight excluding hydrogens is 144 g/mol. The van der Waals surface area contributed by atoms with E-state index in [9.17, 15) is 14.4 Å². The van der Waals surface area contributed by atoms with Crippen LogP contribution in [0.1, 0.15) is 26.7 Å². The Bertz CT molecular complexity index is 172. The molecule has 0 saturated heterocycles. The Kier molecular flexibility index (Phi) is 4.34. The Morgan fingerprint density at radius 3 is 2.18 bits per heavy atom. The number of hydrogen-bond donors (Lipinski definition) is 0. The van der Waals surface area contributed by atoms with Crippen LogP contribution in [0.15, 0.2) is 0 Å². The molecule has 0 fully saturated rings. The topological polar surface area (TPSA) is 51.2 Å². The van der Waals surface area contributed by atoms with Crippen molar-refractivity contribution in [2.24, 2.45) is 5.92 Å². The van der Waals surface area contributed by atoms with Gasteiger partial charge in [0.25, 0.3) is 0 Å². The van der Waals surface area contributed by atoms with E-state index < -0.39 is 5.92 Å². The fourth-order valence-electron chi connectivity index (χ4n) is 0.856. The van der Waals surface area contributed by atoms with Crippen molar-refractivity contribution in [2.45, 2.75) is 26.7 Å². The Morgan fingerprint density at radius 1 is 1.36 bits per heavy atom. The molecule has 0 aliphatic heterocycles. The first-order valence-corrected chi connectivity index (χ1v) is 3.51. The first-order chi connectivity index (χ1) is 5.07. The molecule has 0 N–H and O–H groups in total. The quantitative estimate of drug-likeness (QED) is 0.552. The maximum absolute atomic E-state index is 10.8. The van der Waals surface area contributed by atoms with Crippen LogP contribution in [0.5, 0.6) is 0 Å². The molecule has 11 heavy (non-hydrogen) atoms. The minimum Gasteiger partial charge on any atom is -0.303 e. The lowest BCUT2D eigenvalue weighted by molar-refractivity contribution is -0.127. The van der Waals surface area contributed by atoms with Gasteiger partial charge in [-0.3, -0.25) is 4.79 Å². The van der Waals surface area contributed by atoms with Crippen LogP contribution < -0.4 is 0 Å². The third-order valence-electron chi connectivity index (χ3n) is 1.49. The van der Waals surface area contributed by atoms with Gasteiger partial charge in [-0.2, -0.15) is 0 Å². The highest BCUT2D eigenvalue weighted by atomic mass is 16.1. The number of carbonyl (C=O) groups is 3. The zero-order valence-electron chi connectivity index (χ0n) is 6.79. The van der Waals surface area contributed by atoms with Crippen LogP contribution in [0, 0.1) is 5.92 Å². The molecule has 3 nitrogen and oxygen atoms in total. The normalized spacial score (nSPS) is 12.2. The van der Waals surface area contributed by atoms with Gasteiger partial charge in [-0.05, 0) is 13.8 Å². The molecule has 3 heteroatoms. The minimum atomic E-state index is -0.398. The van der Waals surface area contributed by atoms with E-state index in [1.165, 1.54) is 13.8 Å². The molecule has 0 aliphatic carbocycles. The molecule has 0 aliphatic rings. The number of carbonyl (C=O) groups excluding carboxylic acids is 3. The second-order valence-electron chi connectivity index (χ2n) is 2.62. The summed E-state index contributed by atoms with van der Waals surface area (Å²) in [6.07, 6.45) is 1.03. The first-order valence-electron chi connectivity index (χ1n) is 3.51. The van der Waals surface area contributed by atoms with E-state index in [1.54, 1.807) is 0 Å². The standard InChI is InChI=1S/C8H12O3/c1-6(10)5-8(3-4-9)7(2)11/h4,8H,3,5H2,1-2H3. The van der Waals surface area contributed by atoms with Gasteiger partial charge in [0.1, 0.15) is 17.9 Å². The van der Waals surface area contributed by atoms with Crippen molar-refractivity contribution < 1.29 is 14.4 Å². The lowest BCUT2D eigenvalue weighted by atomic mass is 9.96. The summed E-state index contributed by atoms with van der Waals surface area (Å²) < 4.78 is 0. The summed E-state index contributed by atoms with van der Waals surface area (Å²) in [6, 6.07) is 0. The van der Waals surface area contributed by atoms with E-state index in [-0.39, 0.29) is 24.4 Å². The highest BCUT2D eigenvalue weighted by Gasteiger charge is 2.15. The van der Waals surface area contributed by atoms with Crippen LogP contribution in [0.2, 0.25) is 0 Å². The molecule has 1 atom stereocenters. The Hall–Kier alpha value is -0.990. The molecule has 0 bridgehead atoms. The molecule has 0 heterocycles. The largest absolute Gasteiger partial charge is 0.303 e. The van der Waals surface area contributed by atoms with Crippen molar-refractivity contribution in [3.63, 3.8) is 0 Å². The van der Waals surface area contributed by atoms with Crippen LogP contribution in [0.25, 0.3) is 0 Å². The summed E-state index contributed by atoms with van der Waals surface area (Å²) in [5.41, 5.74) is 0. The molecule has 0 amide bonds. The van der Waals surface area contributed by atoms with Crippen LogP contribution in [0.4, 0.5) is 0 Å². The lowest BCUT2D eigenvalue weighted by Gasteiger charge is -2.06. The van der Waals surface area contributed by atoms with E-state index in [0.717, 1.165) is 0 Å². The Balaban J connectivity index is 3.99. The fourth-order valence-corrected chi connectivity index (χ4v) is 0.856. The van der Waals surface area contributed by atoms with Gasteiger partial charge < -0.3 is 9.59 Å². The molecular formula is C8H12O3. The van der Waals surface area contributed by atoms with Crippen molar-refractivity contribution in [3.8, 4) is 0 Å². The second kappa shape index (κ2) is 4.77. The summed E-state index contributed by atoms with van der Waals surface area (Å²) in [5, 5.41) is 0. The Labute approximate surface area is 65.8 Å². The SMILES string of the molecule is CC(=O)CC(CC=O)C(C)=O. The van der Waals surface area contributed by atoms with Gasteiger partial charge in [0.05, 0.1) is 0 Å². The number of rotatable bonds is 5. The highest BCUT2D eigenvalue weighted by molar-refractivity contribution is 5.86. The lowest BCUT2D eigenvalue weighted by Crippen LogP contribution is -2.14. The molecule has 0 spiro atoms. The molecule has 1 unspecified atom stereocenters. The molecule has 0 rings (SSSR count). The van der Waals surface area contributed by atoms with E-state index in [2.05, 4.69) is 0 Å². The summed E-state index contributed by atoms with van der Waals surface area (Å²) in [7, 11) is 0. The third-order valence-corrected chi connectivity index (χ3v) is 1.49. The van der Waals surface area contributed by atoms with Gasteiger partial charge >= 0.3 is 0 Å². The van der Waals surface area contributed by atoms with Gasteiger partial charge in [0, 0.05) is 18.8 Å². The van der Waals surface area contributed by atoms with E-state index in [4.69, 9.17) is 0 Å². The average molecular weight is 156 g/mol. The van der Waals surface area contributed by atoms with Crippen molar-refractivity contribution in [3.05, 3.63) is 0 Å². The minimum absolute atomic E-state index is 0.0490. The van der Waals surface area contributed by atoms with Crippen LogP contribution in [-0.2, 0) is 14.4 Å². The number of Topliss-reactive ketones (excluding diaryl/α,β-unsaturated/α-hetero) is 2. The molecule has 0 aromatic carbocycles. The van der Waals surface area contributed by atoms with Crippen LogP contribution in [0.3, 0.4) is 0 Å². The maximum Gasteiger partial charge on any atom is 0.133 e. The third kappa shape index (κ3) is 4.42. The molecule has 0 aromatic heterocycles. The van der Waals surface area contributed by atoms with E-state index in [0.29, 0.717) is 6.29 Å². The van der Waals surface area contributed by atoms with Gasteiger partial charge in [0.2, 0.25) is 0 Å². The smallest absolute Gasteiger partial charge is 0.133 e. The summed E-state index contributed by atoms with van der Waals surface area (Å²) >= 11 is 0.